The van der Waals surface area contributed by atoms with Crippen molar-refractivity contribution in [1.82, 2.24) is 9.97 Å². The van der Waals surface area contributed by atoms with Crippen molar-refractivity contribution in [3.63, 3.8) is 0 Å². The predicted molar refractivity (Wildman–Crippen MR) is 119 cm³/mol. The van der Waals surface area contributed by atoms with Gasteiger partial charge in [-0.2, -0.15) is 0 Å². The maximum atomic E-state index is 12.9. The van der Waals surface area contributed by atoms with Crippen molar-refractivity contribution in [3.05, 3.63) is 78.4 Å². The van der Waals surface area contributed by atoms with E-state index in [0.29, 0.717) is 22.4 Å². The van der Waals surface area contributed by atoms with Crippen LogP contribution in [0.4, 0.5) is 23.0 Å². The molecule has 0 unspecified atom stereocenters. The Balaban J connectivity index is 1.72. The van der Waals surface area contributed by atoms with Crippen molar-refractivity contribution in [2.45, 2.75) is 4.90 Å². The van der Waals surface area contributed by atoms with Crippen molar-refractivity contribution in [1.29, 1.82) is 0 Å². The number of nitrogens with zero attached hydrogens (tertiary/aromatic N) is 2. The van der Waals surface area contributed by atoms with Crippen molar-refractivity contribution < 1.29 is 23.5 Å². The molecule has 0 atom stereocenters. The van der Waals surface area contributed by atoms with Gasteiger partial charge in [0.15, 0.2) is 11.6 Å². The van der Waals surface area contributed by atoms with E-state index in [9.17, 15) is 13.2 Å². The molecule has 3 aromatic carbocycles. The number of carboxylic acids is 1. The first-order chi connectivity index (χ1) is 15.4. The summed E-state index contributed by atoms with van der Waals surface area (Å²) in [7, 11) is -4.02. The third-order valence-corrected chi connectivity index (χ3v) is 5.84. The van der Waals surface area contributed by atoms with Gasteiger partial charge in [-0.15, -0.1) is 0 Å². The Morgan fingerprint density at radius 2 is 1.34 bits per heavy atom. The molecular formula is C21H17N5O5S. The molecule has 0 aliphatic rings. The van der Waals surface area contributed by atoms with E-state index in [2.05, 4.69) is 20.0 Å². The van der Waals surface area contributed by atoms with E-state index >= 15 is 0 Å². The molecule has 0 amide bonds. The molecule has 0 aliphatic carbocycles. The Morgan fingerprint density at radius 3 is 1.91 bits per heavy atom. The number of sulfonamides is 1. The van der Waals surface area contributed by atoms with E-state index in [1.54, 1.807) is 36.4 Å². The molecule has 5 N–H and O–H groups in total. The fourth-order valence-electron chi connectivity index (χ4n) is 2.89. The van der Waals surface area contributed by atoms with Crippen LogP contribution < -0.4 is 15.5 Å². The molecular weight excluding hydrogens is 434 g/mol. The van der Waals surface area contributed by atoms with E-state index in [4.69, 9.17) is 10.3 Å². The Hall–Kier alpha value is -4.22. The molecule has 4 rings (SSSR count). The first kappa shape index (κ1) is 21.0. The highest BCUT2D eigenvalue weighted by Crippen LogP contribution is 2.27. The molecule has 0 bridgehead atoms. The second kappa shape index (κ2) is 8.49. The van der Waals surface area contributed by atoms with Gasteiger partial charge in [-0.05, 0) is 60.7 Å². The summed E-state index contributed by atoms with van der Waals surface area (Å²) < 4.78 is 28.3. The monoisotopic (exact) mass is 451 g/mol. The minimum atomic E-state index is -4.02. The number of fused-ring (bicyclic) bond motifs is 1. The Bertz CT molecular complexity index is 1390. The quantitative estimate of drug-likeness (QED) is 0.265. The van der Waals surface area contributed by atoms with Crippen LogP contribution >= 0.6 is 0 Å². The van der Waals surface area contributed by atoms with Crippen LogP contribution in [0.5, 0.6) is 0 Å². The fraction of sp³-hybridized carbons (Fsp3) is 0. The Morgan fingerprint density at radius 1 is 0.781 bits per heavy atom. The minimum Gasteiger partial charge on any atom is -0.478 e. The number of para-hydroxylation sites is 2. The highest BCUT2D eigenvalue weighted by molar-refractivity contribution is 7.92. The first-order valence-electron chi connectivity index (χ1n) is 9.26. The highest BCUT2D eigenvalue weighted by atomic mass is 32.2. The average Bonchev–Trinajstić information content (AvgIpc) is 2.79. The number of carbonyl (C=O) groups is 1. The van der Waals surface area contributed by atoms with Gasteiger partial charge in [0.2, 0.25) is 0 Å². The van der Waals surface area contributed by atoms with Crippen LogP contribution in [0.15, 0.2) is 77.7 Å². The molecule has 0 radical (unpaired) electrons. The van der Waals surface area contributed by atoms with Gasteiger partial charge < -0.3 is 10.4 Å². The van der Waals surface area contributed by atoms with Crippen LogP contribution in [-0.4, -0.2) is 34.7 Å². The van der Waals surface area contributed by atoms with E-state index in [1.165, 1.54) is 36.4 Å². The molecule has 0 fully saturated rings. The van der Waals surface area contributed by atoms with Crippen LogP contribution in [0.1, 0.15) is 10.4 Å². The van der Waals surface area contributed by atoms with Crippen LogP contribution in [0.25, 0.3) is 11.0 Å². The number of rotatable bonds is 7. The summed E-state index contributed by atoms with van der Waals surface area (Å²) in [5.41, 5.74) is 3.91. The van der Waals surface area contributed by atoms with E-state index in [0.717, 1.165) is 0 Å². The normalized spacial score (nSPS) is 11.2. The van der Waals surface area contributed by atoms with Crippen LogP contribution in [0.2, 0.25) is 0 Å². The van der Waals surface area contributed by atoms with Crippen LogP contribution in [-0.2, 0) is 10.0 Å². The lowest BCUT2D eigenvalue weighted by molar-refractivity contribution is 0.0697. The summed E-state index contributed by atoms with van der Waals surface area (Å²) in [6, 6.07) is 18.4. The van der Waals surface area contributed by atoms with Gasteiger partial charge >= 0.3 is 5.97 Å². The number of hydrogen-bond donors (Lipinski definition) is 5. The number of nitrogens with one attached hydrogen (secondary N) is 3. The molecule has 0 spiro atoms. The van der Waals surface area contributed by atoms with Gasteiger partial charge in [0, 0.05) is 5.69 Å². The smallest absolute Gasteiger partial charge is 0.335 e. The Labute approximate surface area is 182 Å². The minimum absolute atomic E-state index is 0.0321. The highest BCUT2D eigenvalue weighted by Gasteiger charge is 2.19. The number of benzene rings is 3. The maximum absolute atomic E-state index is 12.9. The van der Waals surface area contributed by atoms with Gasteiger partial charge in [0.25, 0.3) is 10.0 Å². The molecule has 162 valence electrons. The molecule has 0 saturated carbocycles. The fourth-order valence-corrected chi connectivity index (χ4v) is 3.90. The maximum Gasteiger partial charge on any atom is 0.335 e. The van der Waals surface area contributed by atoms with Crippen molar-refractivity contribution in [3.8, 4) is 0 Å². The van der Waals surface area contributed by atoms with Crippen molar-refractivity contribution in [2.24, 2.45) is 0 Å². The summed E-state index contributed by atoms with van der Waals surface area (Å²) in [4.78, 5) is 19.9. The molecule has 11 heteroatoms. The zero-order valence-electron chi connectivity index (χ0n) is 16.4. The first-order valence-corrected chi connectivity index (χ1v) is 10.7. The Kier molecular flexibility index (Phi) is 5.58. The van der Waals surface area contributed by atoms with E-state index in [-0.39, 0.29) is 22.1 Å². The average molecular weight is 451 g/mol. The summed E-state index contributed by atoms with van der Waals surface area (Å²) in [5.74, 6) is -0.947. The molecule has 10 nitrogen and oxygen atoms in total. The molecule has 0 saturated heterocycles. The standard InChI is InChI=1S/C21H17N5O5S/c27-21(28)13-5-7-14(8-6-13)22-19-20(24-18-4-2-1-3-17(18)23-19)26-32(30,31)16-11-9-15(25-29)10-12-16/h1-12,25,29H,(H,22,23)(H,24,26)(H,27,28). The second-order valence-corrected chi connectivity index (χ2v) is 8.34. The second-order valence-electron chi connectivity index (χ2n) is 6.66. The number of anilines is 4. The molecule has 0 aliphatic heterocycles. The van der Waals surface area contributed by atoms with Gasteiger partial charge in [-0.3, -0.25) is 15.4 Å². The largest absolute Gasteiger partial charge is 0.478 e. The molecule has 1 heterocycles. The predicted octanol–water partition coefficient (Wildman–Crippen LogP) is 3.67. The number of hydrogen-bond acceptors (Lipinski definition) is 8. The molecule has 32 heavy (non-hydrogen) atoms. The van der Waals surface area contributed by atoms with Crippen LogP contribution in [0, 0.1) is 0 Å². The zero-order valence-corrected chi connectivity index (χ0v) is 17.2. The van der Waals surface area contributed by atoms with Crippen molar-refractivity contribution >= 4 is 50.0 Å². The van der Waals surface area contributed by atoms with E-state index in [1.807, 2.05) is 5.48 Å². The van der Waals surface area contributed by atoms with Gasteiger partial charge in [-0.1, -0.05) is 12.1 Å². The third-order valence-electron chi connectivity index (χ3n) is 4.49. The summed E-state index contributed by atoms with van der Waals surface area (Å²) >= 11 is 0. The lowest BCUT2D eigenvalue weighted by Crippen LogP contribution is -2.16. The SMILES string of the molecule is O=C(O)c1ccc(Nc2nc3ccccc3nc2NS(=O)(=O)c2ccc(NO)cc2)cc1. The number of aromatic carboxylic acids is 1. The van der Waals surface area contributed by atoms with E-state index < -0.39 is 16.0 Å². The summed E-state index contributed by atoms with van der Waals surface area (Å²) in [5, 5.41) is 21.0. The number of carboxylic acid groups (broad SMARTS) is 1. The zero-order chi connectivity index (χ0) is 22.7. The number of aromatic nitrogens is 2. The topological polar surface area (TPSA) is 154 Å². The third kappa shape index (κ3) is 4.43. The summed E-state index contributed by atoms with van der Waals surface area (Å²) in [6.07, 6.45) is 0. The molecule has 4 aromatic rings. The lowest BCUT2D eigenvalue weighted by atomic mass is 10.2. The summed E-state index contributed by atoms with van der Waals surface area (Å²) in [6.45, 7) is 0. The molecule has 1 aromatic heterocycles. The lowest BCUT2D eigenvalue weighted by Gasteiger charge is -2.14. The van der Waals surface area contributed by atoms with Gasteiger partial charge in [0.1, 0.15) is 0 Å². The van der Waals surface area contributed by atoms with Gasteiger partial charge in [0.05, 0.1) is 27.2 Å². The van der Waals surface area contributed by atoms with Gasteiger partial charge in [-0.25, -0.2) is 23.2 Å². The van der Waals surface area contributed by atoms with Crippen LogP contribution in [0.3, 0.4) is 0 Å². The van der Waals surface area contributed by atoms with Crippen molar-refractivity contribution in [2.75, 3.05) is 15.5 Å².